The third-order valence-corrected chi connectivity index (χ3v) is 6.95. The molecule has 2 fully saturated rings. The molecule has 5 rings (SSSR count). The summed E-state index contributed by atoms with van der Waals surface area (Å²) < 4.78 is 7.51. The largest absolute Gasteiger partial charge is 0.497 e. The summed E-state index contributed by atoms with van der Waals surface area (Å²) in [4.78, 5) is 32.7. The van der Waals surface area contributed by atoms with Crippen LogP contribution in [0.4, 0.5) is 5.69 Å². The van der Waals surface area contributed by atoms with E-state index in [0.717, 1.165) is 42.0 Å². The molecule has 1 aromatic heterocycles. The van der Waals surface area contributed by atoms with E-state index in [0.29, 0.717) is 35.3 Å². The molecule has 7 nitrogen and oxygen atoms in total. The molecule has 1 saturated heterocycles. The van der Waals surface area contributed by atoms with E-state index in [1.54, 1.807) is 7.11 Å². The average Bonchev–Trinajstić information content (AvgIpc) is 3.33. The molecule has 2 bridgehead atoms. The summed E-state index contributed by atoms with van der Waals surface area (Å²) in [5.74, 6) is 1.99. The van der Waals surface area contributed by atoms with E-state index in [-0.39, 0.29) is 11.8 Å². The first-order valence-electron chi connectivity index (χ1n) is 11.8. The van der Waals surface area contributed by atoms with Crippen molar-refractivity contribution in [2.24, 2.45) is 5.92 Å². The molecule has 0 unspecified atom stereocenters. The maximum Gasteiger partial charge on any atom is 0.256 e. The number of likely N-dealkylation sites (tertiary alicyclic amines) is 1. The summed E-state index contributed by atoms with van der Waals surface area (Å²) in [6.45, 7) is 5.01. The molecule has 2 heterocycles. The summed E-state index contributed by atoms with van der Waals surface area (Å²) in [5.41, 5.74) is 3.64. The quantitative estimate of drug-likeness (QED) is 0.616. The van der Waals surface area contributed by atoms with Gasteiger partial charge in [-0.2, -0.15) is 0 Å². The number of hydrogen-bond acceptors (Lipinski definition) is 4. The lowest BCUT2D eigenvalue weighted by atomic mass is 9.90. The molecule has 1 saturated carbocycles. The third kappa shape index (κ3) is 3.86. The molecule has 3 aromatic rings. The van der Waals surface area contributed by atoms with Crippen LogP contribution < -0.4 is 10.1 Å². The Morgan fingerprint density at radius 1 is 1.21 bits per heavy atom. The number of carbonyl (C=O) groups excluding carboxylic acids is 2. The van der Waals surface area contributed by atoms with Crippen molar-refractivity contribution in [2.45, 2.75) is 52.1 Å². The van der Waals surface area contributed by atoms with Crippen LogP contribution in [0.5, 0.6) is 5.75 Å². The van der Waals surface area contributed by atoms with Crippen LogP contribution in [0.3, 0.4) is 0 Å². The van der Waals surface area contributed by atoms with E-state index in [9.17, 15) is 9.59 Å². The highest BCUT2D eigenvalue weighted by Gasteiger charge is 2.39. The zero-order valence-electron chi connectivity index (χ0n) is 19.4. The van der Waals surface area contributed by atoms with Gasteiger partial charge in [0.15, 0.2) is 0 Å². The average molecular weight is 447 g/mol. The third-order valence-electron chi connectivity index (χ3n) is 6.95. The lowest BCUT2D eigenvalue weighted by Crippen LogP contribution is -2.35. The number of fused-ring (bicyclic) bond motifs is 3. The number of anilines is 1. The Labute approximate surface area is 193 Å². The molecular formula is C26H30N4O3. The predicted octanol–water partition coefficient (Wildman–Crippen LogP) is 4.70. The maximum absolute atomic E-state index is 13.9. The van der Waals surface area contributed by atoms with Gasteiger partial charge in [-0.05, 0) is 56.4 Å². The zero-order chi connectivity index (χ0) is 23.1. The Bertz CT molecular complexity index is 1230. The molecule has 0 spiro atoms. The zero-order valence-corrected chi connectivity index (χ0v) is 19.4. The van der Waals surface area contributed by atoms with Crippen molar-refractivity contribution >= 4 is 28.5 Å². The summed E-state index contributed by atoms with van der Waals surface area (Å²) >= 11 is 0. The molecule has 1 aliphatic carbocycles. The van der Waals surface area contributed by atoms with Gasteiger partial charge in [0, 0.05) is 37.3 Å². The normalized spacial score (nSPS) is 19.7. The van der Waals surface area contributed by atoms with E-state index < -0.39 is 0 Å². The minimum atomic E-state index is -0.173. The molecule has 7 heteroatoms. The summed E-state index contributed by atoms with van der Waals surface area (Å²) in [5, 5.41) is 2.85. The van der Waals surface area contributed by atoms with E-state index in [1.165, 1.54) is 19.8 Å². The van der Waals surface area contributed by atoms with Gasteiger partial charge in [0.1, 0.15) is 11.6 Å². The van der Waals surface area contributed by atoms with E-state index in [2.05, 4.69) is 21.7 Å². The summed E-state index contributed by atoms with van der Waals surface area (Å²) in [6.07, 6.45) is 4.56. The second-order valence-corrected chi connectivity index (χ2v) is 9.13. The van der Waals surface area contributed by atoms with Gasteiger partial charge < -0.3 is 19.5 Å². The van der Waals surface area contributed by atoms with E-state index in [1.807, 2.05) is 36.4 Å². The van der Waals surface area contributed by atoms with Gasteiger partial charge in [0.25, 0.3) is 5.91 Å². The van der Waals surface area contributed by atoms with E-state index in [4.69, 9.17) is 9.72 Å². The molecule has 2 aliphatic rings. The minimum Gasteiger partial charge on any atom is -0.497 e. The summed E-state index contributed by atoms with van der Waals surface area (Å²) in [6, 6.07) is 11.8. The lowest BCUT2D eigenvalue weighted by Gasteiger charge is -2.25. The number of aromatic nitrogens is 2. The fraction of sp³-hybridized carbons (Fsp3) is 0.423. The predicted molar refractivity (Wildman–Crippen MR) is 128 cm³/mol. The number of methoxy groups -OCH3 is 1. The second-order valence-electron chi connectivity index (χ2n) is 9.13. The summed E-state index contributed by atoms with van der Waals surface area (Å²) in [7, 11) is 1.64. The first-order valence-corrected chi connectivity index (χ1v) is 11.8. The van der Waals surface area contributed by atoms with Crippen molar-refractivity contribution < 1.29 is 14.3 Å². The number of rotatable bonds is 5. The van der Waals surface area contributed by atoms with Crippen LogP contribution in [0.25, 0.3) is 22.4 Å². The highest BCUT2D eigenvalue weighted by atomic mass is 16.5. The van der Waals surface area contributed by atoms with Crippen LogP contribution >= 0.6 is 0 Å². The molecule has 1 aliphatic heterocycles. The highest BCUT2D eigenvalue weighted by Crippen LogP contribution is 2.38. The van der Waals surface area contributed by atoms with Gasteiger partial charge in [-0.15, -0.1) is 0 Å². The lowest BCUT2D eigenvalue weighted by molar-refractivity contribution is -0.114. The molecule has 2 amide bonds. The van der Waals surface area contributed by atoms with Crippen LogP contribution in [-0.4, -0.2) is 46.0 Å². The Hall–Kier alpha value is -3.35. The van der Waals surface area contributed by atoms with Gasteiger partial charge in [-0.25, -0.2) is 4.98 Å². The van der Waals surface area contributed by atoms with Crippen LogP contribution in [0.1, 0.15) is 49.9 Å². The maximum atomic E-state index is 13.9. The molecule has 172 valence electrons. The molecule has 1 N–H and O–H groups in total. The van der Waals surface area contributed by atoms with Gasteiger partial charge in [0.05, 0.1) is 23.7 Å². The number of aryl methyl sites for hydroxylation is 1. The van der Waals surface area contributed by atoms with Crippen molar-refractivity contribution in [3.8, 4) is 17.1 Å². The van der Waals surface area contributed by atoms with E-state index >= 15 is 0 Å². The fourth-order valence-electron chi connectivity index (χ4n) is 5.54. The van der Waals surface area contributed by atoms with Crippen LogP contribution in [0.2, 0.25) is 0 Å². The van der Waals surface area contributed by atoms with Gasteiger partial charge in [-0.1, -0.05) is 18.6 Å². The highest BCUT2D eigenvalue weighted by molar-refractivity contribution is 6.08. The number of nitrogens with one attached hydrogen (secondary N) is 1. The number of imidazole rings is 1. The van der Waals surface area contributed by atoms with Crippen LogP contribution in [-0.2, 0) is 11.3 Å². The van der Waals surface area contributed by atoms with Crippen molar-refractivity contribution in [1.82, 2.24) is 14.5 Å². The molecule has 33 heavy (non-hydrogen) atoms. The standard InChI is InChI=1S/C26H30N4O3/c1-4-29-24-22(26(32)30-15-17-7-5-9-20(30)11-17)13-19(27-16(2)31)14-23(24)28-25(29)18-8-6-10-21(12-18)33-3/h6,8,10,12-14,17,20H,4-5,7,9,11,15H2,1-3H3,(H,27,31)/t17-,20-/m1/s1. The topological polar surface area (TPSA) is 76.5 Å². The van der Waals surface area contributed by atoms with Gasteiger partial charge >= 0.3 is 0 Å². The van der Waals surface area contributed by atoms with Gasteiger partial charge in [0.2, 0.25) is 5.91 Å². The molecule has 2 atom stereocenters. The minimum absolute atomic E-state index is 0.0356. The Balaban J connectivity index is 1.68. The SMILES string of the molecule is CCn1c(-c2cccc(OC)c2)nc2cc(NC(C)=O)cc(C(=O)N3C[C@@H]4CCC[C@@H]3C4)c21. The molecule has 0 radical (unpaired) electrons. The molecule has 2 aromatic carbocycles. The number of hydrogen-bond donors (Lipinski definition) is 1. The Kier molecular flexibility index (Phi) is 5.56. The fourth-order valence-corrected chi connectivity index (χ4v) is 5.54. The van der Waals surface area contributed by atoms with Crippen molar-refractivity contribution in [3.05, 3.63) is 42.0 Å². The van der Waals surface area contributed by atoms with Crippen LogP contribution in [0.15, 0.2) is 36.4 Å². The number of amides is 2. The van der Waals surface area contributed by atoms with Crippen LogP contribution in [0, 0.1) is 5.92 Å². The number of benzene rings is 2. The van der Waals surface area contributed by atoms with Gasteiger partial charge in [-0.3, -0.25) is 9.59 Å². The Morgan fingerprint density at radius 3 is 2.79 bits per heavy atom. The second kappa shape index (κ2) is 8.54. The number of nitrogens with zero attached hydrogens (tertiary/aromatic N) is 3. The first kappa shape index (κ1) is 21.5. The first-order chi connectivity index (χ1) is 16.0. The Morgan fingerprint density at radius 2 is 2.06 bits per heavy atom. The van der Waals surface area contributed by atoms with Crippen molar-refractivity contribution in [2.75, 3.05) is 19.0 Å². The van der Waals surface area contributed by atoms with Crippen molar-refractivity contribution in [3.63, 3.8) is 0 Å². The number of ether oxygens (including phenoxy) is 1. The monoisotopic (exact) mass is 446 g/mol. The molecular weight excluding hydrogens is 416 g/mol. The smallest absolute Gasteiger partial charge is 0.256 e. The van der Waals surface area contributed by atoms with Crippen molar-refractivity contribution in [1.29, 1.82) is 0 Å². The number of carbonyl (C=O) groups is 2.